The number of hydrogen-bond donors (Lipinski definition) is 1. The first kappa shape index (κ1) is 15.2. The van der Waals surface area contributed by atoms with Gasteiger partial charge in [-0.1, -0.05) is 0 Å². The summed E-state index contributed by atoms with van der Waals surface area (Å²) in [5, 5.41) is 8.31. The molecule has 0 fully saturated rings. The van der Waals surface area contributed by atoms with Gasteiger partial charge in [-0.2, -0.15) is 5.10 Å². The van der Waals surface area contributed by atoms with E-state index in [9.17, 15) is 0 Å². The highest BCUT2D eigenvalue weighted by Crippen LogP contribution is 2.19. The largest absolute Gasteiger partial charge is 0.448 e. The highest BCUT2D eigenvalue weighted by molar-refractivity contribution is 6.28. The fourth-order valence-corrected chi connectivity index (χ4v) is 2.99. The third-order valence-corrected chi connectivity index (χ3v) is 4.15. The van der Waals surface area contributed by atoms with Crippen molar-refractivity contribution in [2.45, 2.75) is 26.2 Å². The summed E-state index contributed by atoms with van der Waals surface area (Å²) in [5.74, 6) is 1.64. The Morgan fingerprint density at radius 2 is 2.21 bits per heavy atom. The summed E-state index contributed by atoms with van der Waals surface area (Å²) >= 11 is 5.83. The molecule has 0 spiro atoms. The number of rotatable bonds is 5. The Bertz CT molecular complexity index is 815. The molecule has 7 nitrogen and oxygen atoms in total. The SMILES string of the molecule is Clc1ccc(CN2CCn3nc(CNc4cnccn4)cc3C2)o1. The number of anilines is 1. The molecule has 0 aliphatic carbocycles. The molecular formula is C16H17ClN6O. The van der Waals surface area contributed by atoms with Crippen molar-refractivity contribution in [2.24, 2.45) is 0 Å². The van der Waals surface area contributed by atoms with E-state index in [0.717, 1.165) is 43.5 Å². The van der Waals surface area contributed by atoms with E-state index in [1.54, 1.807) is 24.7 Å². The van der Waals surface area contributed by atoms with Crippen LogP contribution in [0.15, 0.2) is 41.2 Å². The molecule has 0 radical (unpaired) electrons. The van der Waals surface area contributed by atoms with Gasteiger partial charge in [-0.3, -0.25) is 14.6 Å². The van der Waals surface area contributed by atoms with Crippen molar-refractivity contribution in [3.8, 4) is 0 Å². The molecule has 8 heteroatoms. The molecule has 124 valence electrons. The minimum Gasteiger partial charge on any atom is -0.448 e. The van der Waals surface area contributed by atoms with Crippen LogP contribution in [0.3, 0.4) is 0 Å². The molecule has 0 atom stereocenters. The van der Waals surface area contributed by atoms with Gasteiger partial charge in [-0.15, -0.1) is 0 Å². The molecule has 0 saturated carbocycles. The van der Waals surface area contributed by atoms with E-state index in [1.165, 1.54) is 5.69 Å². The summed E-state index contributed by atoms with van der Waals surface area (Å²) in [6.07, 6.45) is 5.02. The Morgan fingerprint density at radius 3 is 3.00 bits per heavy atom. The molecule has 3 aromatic heterocycles. The summed E-state index contributed by atoms with van der Waals surface area (Å²) < 4.78 is 7.51. The van der Waals surface area contributed by atoms with E-state index in [0.29, 0.717) is 11.8 Å². The van der Waals surface area contributed by atoms with Gasteiger partial charge >= 0.3 is 0 Å². The standard InChI is InChI=1S/C16H17ClN6O/c17-15-2-1-14(24-15)11-22-5-6-23-13(10-22)7-12(21-23)8-20-16-9-18-3-4-19-16/h1-4,7,9H,5-6,8,10-11H2,(H,19,20). The molecule has 1 aliphatic heterocycles. The van der Waals surface area contributed by atoms with Crippen LogP contribution in [0.4, 0.5) is 5.82 Å². The second-order valence-corrected chi connectivity index (χ2v) is 6.08. The Kier molecular flexibility index (Phi) is 4.18. The lowest BCUT2D eigenvalue weighted by molar-refractivity contribution is 0.191. The predicted molar refractivity (Wildman–Crippen MR) is 89.4 cm³/mol. The number of fused-ring (bicyclic) bond motifs is 1. The van der Waals surface area contributed by atoms with Gasteiger partial charge in [0.1, 0.15) is 11.6 Å². The molecule has 24 heavy (non-hydrogen) atoms. The number of furan rings is 1. The first-order chi connectivity index (χ1) is 11.8. The van der Waals surface area contributed by atoms with Crippen LogP contribution in [-0.2, 0) is 26.2 Å². The van der Waals surface area contributed by atoms with E-state index >= 15 is 0 Å². The van der Waals surface area contributed by atoms with Crippen LogP contribution in [0.25, 0.3) is 0 Å². The molecule has 0 aromatic carbocycles. The summed E-state index contributed by atoms with van der Waals surface area (Å²) in [5.41, 5.74) is 2.20. The second kappa shape index (κ2) is 6.62. The molecule has 3 aromatic rings. The monoisotopic (exact) mass is 344 g/mol. The lowest BCUT2D eigenvalue weighted by Gasteiger charge is -2.26. The van der Waals surface area contributed by atoms with Crippen LogP contribution in [0.1, 0.15) is 17.1 Å². The molecule has 1 N–H and O–H groups in total. The Balaban J connectivity index is 1.38. The number of nitrogens with zero attached hydrogens (tertiary/aromatic N) is 5. The Morgan fingerprint density at radius 1 is 1.25 bits per heavy atom. The highest BCUT2D eigenvalue weighted by Gasteiger charge is 2.19. The first-order valence-corrected chi connectivity index (χ1v) is 8.16. The van der Waals surface area contributed by atoms with Crippen LogP contribution < -0.4 is 5.32 Å². The quantitative estimate of drug-likeness (QED) is 0.767. The normalized spacial score (nSPS) is 14.5. The van der Waals surface area contributed by atoms with E-state index in [2.05, 4.69) is 36.0 Å². The van der Waals surface area contributed by atoms with Crippen LogP contribution in [0.2, 0.25) is 5.22 Å². The van der Waals surface area contributed by atoms with E-state index in [4.69, 9.17) is 16.0 Å². The van der Waals surface area contributed by atoms with Crippen LogP contribution in [-0.4, -0.2) is 31.2 Å². The maximum absolute atomic E-state index is 5.83. The highest BCUT2D eigenvalue weighted by atomic mass is 35.5. The second-order valence-electron chi connectivity index (χ2n) is 5.71. The Labute approximate surface area is 144 Å². The molecule has 4 heterocycles. The van der Waals surface area contributed by atoms with Gasteiger partial charge in [0.05, 0.1) is 37.2 Å². The first-order valence-electron chi connectivity index (χ1n) is 7.78. The maximum atomic E-state index is 5.83. The third kappa shape index (κ3) is 3.42. The predicted octanol–water partition coefficient (Wildman–Crippen LogP) is 2.55. The van der Waals surface area contributed by atoms with E-state index < -0.39 is 0 Å². The van der Waals surface area contributed by atoms with E-state index in [-0.39, 0.29) is 0 Å². The summed E-state index contributed by atoms with van der Waals surface area (Å²) in [6.45, 7) is 4.03. The van der Waals surface area contributed by atoms with Crippen molar-refractivity contribution in [2.75, 3.05) is 11.9 Å². The summed E-state index contributed by atoms with van der Waals surface area (Å²) in [6, 6.07) is 5.83. The van der Waals surface area contributed by atoms with Crippen LogP contribution in [0.5, 0.6) is 0 Å². The zero-order chi connectivity index (χ0) is 16.4. The number of aromatic nitrogens is 4. The van der Waals surface area contributed by atoms with E-state index in [1.807, 2.05) is 6.07 Å². The van der Waals surface area contributed by atoms with Crippen LogP contribution >= 0.6 is 11.6 Å². The summed E-state index contributed by atoms with van der Waals surface area (Å²) in [7, 11) is 0. The molecule has 0 amide bonds. The van der Waals surface area contributed by atoms with Gasteiger partial charge in [0, 0.05) is 25.5 Å². The smallest absolute Gasteiger partial charge is 0.193 e. The molecule has 0 bridgehead atoms. The summed E-state index contributed by atoms with van der Waals surface area (Å²) in [4.78, 5) is 10.6. The molecule has 4 rings (SSSR count). The zero-order valence-electron chi connectivity index (χ0n) is 13.0. The van der Waals surface area contributed by atoms with Gasteiger partial charge in [-0.05, 0) is 29.8 Å². The fraction of sp³-hybridized carbons (Fsp3) is 0.312. The molecule has 0 saturated heterocycles. The fourth-order valence-electron chi connectivity index (χ4n) is 2.83. The molecule has 1 aliphatic rings. The van der Waals surface area contributed by atoms with Gasteiger partial charge in [0.2, 0.25) is 0 Å². The average molecular weight is 345 g/mol. The van der Waals surface area contributed by atoms with Crippen molar-refractivity contribution >= 4 is 17.4 Å². The minimum absolute atomic E-state index is 0.435. The van der Waals surface area contributed by atoms with Gasteiger partial charge < -0.3 is 9.73 Å². The van der Waals surface area contributed by atoms with Gasteiger partial charge in [0.25, 0.3) is 0 Å². The maximum Gasteiger partial charge on any atom is 0.193 e. The topological polar surface area (TPSA) is 72.0 Å². The van der Waals surface area contributed by atoms with Gasteiger partial charge in [0.15, 0.2) is 5.22 Å². The number of hydrogen-bond acceptors (Lipinski definition) is 6. The minimum atomic E-state index is 0.435. The van der Waals surface area contributed by atoms with Gasteiger partial charge in [-0.25, -0.2) is 4.98 Å². The third-order valence-electron chi connectivity index (χ3n) is 3.95. The number of nitrogens with one attached hydrogen (secondary N) is 1. The zero-order valence-corrected chi connectivity index (χ0v) is 13.8. The van der Waals surface area contributed by atoms with Crippen molar-refractivity contribution in [3.05, 3.63) is 59.2 Å². The number of halogens is 1. The lowest BCUT2D eigenvalue weighted by Crippen LogP contribution is -2.33. The lowest BCUT2D eigenvalue weighted by atomic mass is 10.2. The van der Waals surface area contributed by atoms with Crippen LogP contribution in [0, 0.1) is 0 Å². The molecular weight excluding hydrogens is 328 g/mol. The average Bonchev–Trinajstić information content (AvgIpc) is 3.19. The Hall–Kier alpha value is -2.38. The van der Waals surface area contributed by atoms with Crippen molar-refractivity contribution in [1.82, 2.24) is 24.6 Å². The molecule has 0 unspecified atom stereocenters. The van der Waals surface area contributed by atoms with Crippen molar-refractivity contribution < 1.29 is 4.42 Å². The van der Waals surface area contributed by atoms with Crippen molar-refractivity contribution in [1.29, 1.82) is 0 Å². The van der Waals surface area contributed by atoms with Crippen molar-refractivity contribution in [3.63, 3.8) is 0 Å².